The van der Waals surface area contributed by atoms with Crippen molar-refractivity contribution in [1.29, 1.82) is 0 Å². The molecule has 2 atom stereocenters. The van der Waals surface area contributed by atoms with E-state index in [1.807, 2.05) is 0 Å². The molecule has 0 aliphatic heterocycles. The van der Waals surface area contributed by atoms with E-state index < -0.39 is 24.0 Å². The maximum Gasteiger partial charge on any atom is 0.326 e. The number of pyridine rings is 1. The molecule has 0 spiro atoms. The fourth-order valence-corrected chi connectivity index (χ4v) is 2.12. The molecule has 0 aliphatic rings. The zero-order valence-electron chi connectivity index (χ0n) is 12.8. The van der Waals surface area contributed by atoms with Gasteiger partial charge in [0.2, 0.25) is 5.91 Å². The molecule has 0 aliphatic carbocycles. The number of aryl methyl sites for hydroxylation is 1. The number of hydrogen-bond donors (Lipinski definition) is 2. The largest absolute Gasteiger partial charge is 0.480 e. The van der Waals surface area contributed by atoms with Crippen LogP contribution in [0.4, 0.5) is 0 Å². The zero-order valence-corrected chi connectivity index (χ0v) is 12.8. The summed E-state index contributed by atoms with van der Waals surface area (Å²) in [6.45, 7) is 7.02. The van der Waals surface area contributed by atoms with Crippen molar-refractivity contribution in [1.82, 2.24) is 9.88 Å². The molecule has 0 saturated carbocycles. The average Bonchev–Trinajstić information content (AvgIpc) is 2.38. The van der Waals surface area contributed by atoms with Crippen molar-refractivity contribution in [2.24, 2.45) is 5.92 Å². The molecule has 1 heterocycles. The van der Waals surface area contributed by atoms with Gasteiger partial charge in [-0.25, -0.2) is 4.79 Å². The highest BCUT2D eigenvalue weighted by atomic mass is 16.4. The minimum atomic E-state index is -1.08. The first kappa shape index (κ1) is 16.9. The number of nitrogens with one attached hydrogen (secondary N) is 1. The van der Waals surface area contributed by atoms with Crippen LogP contribution in [0.15, 0.2) is 23.1 Å². The molecule has 2 unspecified atom stereocenters. The van der Waals surface area contributed by atoms with E-state index in [-0.39, 0.29) is 11.5 Å². The van der Waals surface area contributed by atoms with Crippen molar-refractivity contribution in [3.8, 4) is 0 Å². The first-order chi connectivity index (χ1) is 9.77. The van der Waals surface area contributed by atoms with E-state index in [1.165, 1.54) is 10.6 Å². The predicted molar refractivity (Wildman–Crippen MR) is 79.2 cm³/mol. The monoisotopic (exact) mass is 294 g/mol. The normalized spacial score (nSPS) is 13.8. The van der Waals surface area contributed by atoms with Crippen LogP contribution in [0.3, 0.4) is 0 Å². The summed E-state index contributed by atoms with van der Waals surface area (Å²) >= 11 is 0. The summed E-state index contributed by atoms with van der Waals surface area (Å²) in [5, 5.41) is 11.6. The first-order valence-corrected chi connectivity index (χ1v) is 6.99. The highest BCUT2D eigenvalue weighted by Gasteiger charge is 2.27. The van der Waals surface area contributed by atoms with Crippen molar-refractivity contribution in [2.45, 2.75) is 46.2 Å². The average molecular weight is 294 g/mol. The molecular weight excluding hydrogens is 272 g/mol. The third-order valence-electron chi connectivity index (χ3n) is 3.36. The summed E-state index contributed by atoms with van der Waals surface area (Å²) in [7, 11) is 0. The van der Waals surface area contributed by atoms with Crippen molar-refractivity contribution < 1.29 is 14.7 Å². The summed E-state index contributed by atoms with van der Waals surface area (Å²) in [5.41, 5.74) is 0.547. The minimum Gasteiger partial charge on any atom is -0.480 e. The van der Waals surface area contributed by atoms with Crippen LogP contribution < -0.4 is 10.9 Å². The van der Waals surface area contributed by atoms with Crippen LogP contribution in [0.5, 0.6) is 0 Å². The van der Waals surface area contributed by atoms with Gasteiger partial charge in [0.25, 0.3) is 5.56 Å². The number of hydrogen-bond acceptors (Lipinski definition) is 3. The standard InChI is InChI=1S/C15H22N2O4/c1-5-11(17-7-6-10(4)8-12(17)18)14(19)16-13(9(2)3)15(20)21/h6-9,11,13H,5H2,1-4H3,(H,16,19)(H,20,21). The number of carbonyl (C=O) groups excluding carboxylic acids is 1. The second kappa shape index (κ2) is 7.06. The Balaban J connectivity index is 3.01. The number of carbonyl (C=O) groups is 2. The van der Waals surface area contributed by atoms with Crippen LogP contribution in [0, 0.1) is 12.8 Å². The molecule has 1 aromatic heterocycles. The Morgan fingerprint density at radius 2 is 2.00 bits per heavy atom. The van der Waals surface area contributed by atoms with E-state index in [1.54, 1.807) is 40.0 Å². The summed E-state index contributed by atoms with van der Waals surface area (Å²) in [6, 6.07) is 1.52. The summed E-state index contributed by atoms with van der Waals surface area (Å²) < 4.78 is 1.33. The molecule has 116 valence electrons. The molecule has 21 heavy (non-hydrogen) atoms. The lowest BCUT2D eigenvalue weighted by Crippen LogP contribution is -2.48. The van der Waals surface area contributed by atoms with Crippen LogP contribution in [-0.2, 0) is 9.59 Å². The van der Waals surface area contributed by atoms with Crippen LogP contribution >= 0.6 is 0 Å². The zero-order chi connectivity index (χ0) is 16.2. The predicted octanol–water partition coefficient (Wildman–Crippen LogP) is 1.33. The Morgan fingerprint density at radius 1 is 1.38 bits per heavy atom. The molecule has 0 fully saturated rings. The van der Waals surface area contributed by atoms with Gasteiger partial charge < -0.3 is 15.0 Å². The van der Waals surface area contributed by atoms with Crippen molar-refractivity contribution in [3.05, 3.63) is 34.2 Å². The van der Waals surface area contributed by atoms with E-state index >= 15 is 0 Å². The first-order valence-electron chi connectivity index (χ1n) is 6.99. The highest BCUT2D eigenvalue weighted by Crippen LogP contribution is 2.11. The number of aliphatic carboxylic acids is 1. The highest BCUT2D eigenvalue weighted by molar-refractivity contribution is 5.86. The lowest BCUT2D eigenvalue weighted by molar-refractivity contribution is -0.143. The lowest BCUT2D eigenvalue weighted by Gasteiger charge is -2.23. The minimum absolute atomic E-state index is 0.237. The molecule has 6 heteroatoms. The molecule has 6 nitrogen and oxygen atoms in total. The molecule has 0 bridgehead atoms. The van der Waals surface area contributed by atoms with Gasteiger partial charge in [-0.1, -0.05) is 20.8 Å². The van der Waals surface area contributed by atoms with E-state index in [0.29, 0.717) is 6.42 Å². The molecule has 0 aromatic carbocycles. The van der Waals surface area contributed by atoms with Crippen molar-refractivity contribution >= 4 is 11.9 Å². The second-order valence-electron chi connectivity index (χ2n) is 5.44. The lowest BCUT2D eigenvalue weighted by atomic mass is 10.0. The van der Waals surface area contributed by atoms with E-state index in [2.05, 4.69) is 5.32 Å². The van der Waals surface area contributed by atoms with E-state index in [9.17, 15) is 14.4 Å². The van der Waals surface area contributed by atoms with Gasteiger partial charge in [0.05, 0.1) is 0 Å². The van der Waals surface area contributed by atoms with Crippen LogP contribution in [0.1, 0.15) is 38.8 Å². The summed E-state index contributed by atoms with van der Waals surface area (Å²) in [4.78, 5) is 35.4. The number of carboxylic acids is 1. The molecule has 1 rings (SSSR count). The van der Waals surface area contributed by atoms with Gasteiger partial charge in [-0.2, -0.15) is 0 Å². The quantitative estimate of drug-likeness (QED) is 0.828. The van der Waals surface area contributed by atoms with Gasteiger partial charge in [0, 0.05) is 12.3 Å². The van der Waals surface area contributed by atoms with Crippen molar-refractivity contribution in [3.63, 3.8) is 0 Å². The summed E-state index contributed by atoms with van der Waals surface area (Å²) in [6.07, 6.45) is 1.97. The molecule has 2 N–H and O–H groups in total. The molecule has 0 radical (unpaired) electrons. The Kier molecular flexibility index (Phi) is 5.69. The number of rotatable bonds is 6. The second-order valence-corrected chi connectivity index (χ2v) is 5.44. The Morgan fingerprint density at radius 3 is 2.43 bits per heavy atom. The maximum atomic E-state index is 12.3. The SMILES string of the molecule is CCC(C(=O)NC(C(=O)O)C(C)C)n1ccc(C)cc1=O. The summed E-state index contributed by atoms with van der Waals surface area (Å²) in [5.74, 6) is -1.77. The Bertz CT molecular complexity index is 577. The molecular formula is C15H22N2O4. The third-order valence-corrected chi connectivity index (χ3v) is 3.36. The smallest absolute Gasteiger partial charge is 0.326 e. The number of carboxylic acid groups (broad SMARTS) is 1. The van der Waals surface area contributed by atoms with E-state index in [0.717, 1.165) is 5.56 Å². The van der Waals surface area contributed by atoms with Crippen LogP contribution in [0.2, 0.25) is 0 Å². The third kappa shape index (κ3) is 4.18. The maximum absolute atomic E-state index is 12.3. The van der Waals surface area contributed by atoms with Gasteiger partial charge in [-0.15, -0.1) is 0 Å². The van der Waals surface area contributed by atoms with Gasteiger partial charge in [-0.05, 0) is 30.9 Å². The van der Waals surface area contributed by atoms with Crippen molar-refractivity contribution in [2.75, 3.05) is 0 Å². The fraction of sp³-hybridized carbons (Fsp3) is 0.533. The number of amides is 1. The van der Waals surface area contributed by atoms with Crippen LogP contribution in [-0.4, -0.2) is 27.6 Å². The molecule has 0 saturated heterocycles. The van der Waals surface area contributed by atoms with Gasteiger partial charge in [0.1, 0.15) is 12.1 Å². The van der Waals surface area contributed by atoms with Gasteiger partial charge in [-0.3, -0.25) is 9.59 Å². The van der Waals surface area contributed by atoms with Gasteiger partial charge >= 0.3 is 5.97 Å². The molecule has 1 aromatic rings. The topological polar surface area (TPSA) is 88.4 Å². The molecule has 1 amide bonds. The van der Waals surface area contributed by atoms with Gasteiger partial charge in [0.15, 0.2) is 0 Å². The number of nitrogens with zero attached hydrogens (tertiary/aromatic N) is 1. The Hall–Kier alpha value is -2.11. The Labute approximate surface area is 123 Å². The fourth-order valence-electron chi connectivity index (χ4n) is 2.12. The van der Waals surface area contributed by atoms with Crippen LogP contribution in [0.25, 0.3) is 0 Å². The number of aromatic nitrogens is 1. The van der Waals surface area contributed by atoms with E-state index in [4.69, 9.17) is 5.11 Å².